The van der Waals surface area contributed by atoms with Gasteiger partial charge in [0.2, 0.25) is 11.2 Å². The average Bonchev–Trinajstić information content (AvgIpc) is 3.09. The Morgan fingerprint density at radius 2 is 2.00 bits per heavy atom. The van der Waals surface area contributed by atoms with Crippen molar-refractivity contribution in [1.82, 2.24) is 0 Å². The molecule has 1 unspecified atom stereocenters. The molecule has 10 heteroatoms. The number of halogens is 4. The summed E-state index contributed by atoms with van der Waals surface area (Å²) in [6.07, 6.45) is -2.57. The number of rotatable bonds is 6. The lowest BCUT2D eigenvalue weighted by atomic mass is 10.1. The van der Waals surface area contributed by atoms with E-state index in [-0.39, 0.29) is 22.5 Å². The molecule has 0 bridgehead atoms. The quantitative estimate of drug-likeness (QED) is 0.507. The summed E-state index contributed by atoms with van der Waals surface area (Å²) in [5.74, 6) is -0.544. The number of amides is 1. The zero-order chi connectivity index (χ0) is 24.5. The molecule has 0 saturated carbocycles. The number of nitrogens with one attached hydrogen (secondary N) is 1. The summed E-state index contributed by atoms with van der Waals surface area (Å²) < 4.78 is 49.4. The van der Waals surface area contributed by atoms with E-state index in [0.29, 0.717) is 12.3 Å². The number of para-hydroxylation sites is 1. The molecule has 1 aromatic heterocycles. The largest absolute Gasteiger partial charge is 0.477 e. The maximum absolute atomic E-state index is 12.9. The van der Waals surface area contributed by atoms with Gasteiger partial charge in [-0.15, -0.1) is 0 Å². The molecule has 0 radical (unpaired) electrons. The van der Waals surface area contributed by atoms with Crippen LogP contribution in [0.2, 0.25) is 5.02 Å². The molecule has 1 amide bonds. The van der Waals surface area contributed by atoms with E-state index in [1.807, 2.05) is 18.2 Å². The molecule has 1 N–H and O–H groups in total. The lowest BCUT2D eigenvalue weighted by molar-refractivity contribution is -0.137. The number of ether oxygens (including phenoxy) is 1. The van der Waals surface area contributed by atoms with E-state index in [1.165, 1.54) is 11.6 Å². The van der Waals surface area contributed by atoms with Crippen molar-refractivity contribution in [3.63, 3.8) is 0 Å². The van der Waals surface area contributed by atoms with Gasteiger partial charge in [0.15, 0.2) is 6.61 Å². The number of fused-ring (bicyclic) bond motifs is 1. The van der Waals surface area contributed by atoms with Crippen molar-refractivity contribution >= 4 is 28.9 Å². The van der Waals surface area contributed by atoms with Crippen LogP contribution in [0.3, 0.4) is 0 Å². The van der Waals surface area contributed by atoms with Gasteiger partial charge < -0.3 is 19.4 Å². The maximum Gasteiger partial charge on any atom is 0.416 e. The number of hydrogen-bond acceptors (Lipinski definition) is 5. The van der Waals surface area contributed by atoms with Gasteiger partial charge in [-0.05, 0) is 43.2 Å². The number of carbonyl (C=O) groups excluding carboxylic acids is 1. The lowest BCUT2D eigenvalue weighted by Crippen LogP contribution is -2.29. The number of carbonyl (C=O) groups is 1. The zero-order valence-corrected chi connectivity index (χ0v) is 18.7. The minimum atomic E-state index is -4.59. The van der Waals surface area contributed by atoms with Gasteiger partial charge in [0, 0.05) is 17.8 Å². The first-order valence-electron chi connectivity index (χ1n) is 10.4. The van der Waals surface area contributed by atoms with Gasteiger partial charge in [-0.1, -0.05) is 29.8 Å². The van der Waals surface area contributed by atoms with E-state index < -0.39 is 29.7 Å². The topological polar surface area (TPSA) is 71.8 Å². The molecule has 0 spiro atoms. The number of alkyl halides is 3. The van der Waals surface area contributed by atoms with Gasteiger partial charge in [-0.2, -0.15) is 13.2 Å². The van der Waals surface area contributed by atoms with Gasteiger partial charge in [0.1, 0.15) is 12.0 Å². The van der Waals surface area contributed by atoms with E-state index in [0.717, 1.165) is 36.6 Å². The molecule has 2 heterocycles. The second kappa shape index (κ2) is 9.42. The van der Waals surface area contributed by atoms with Gasteiger partial charge >= 0.3 is 6.18 Å². The van der Waals surface area contributed by atoms with Crippen molar-refractivity contribution in [2.45, 2.75) is 32.1 Å². The third kappa shape index (κ3) is 5.20. The van der Waals surface area contributed by atoms with Gasteiger partial charge in [-0.3, -0.25) is 9.59 Å². The predicted octanol–water partition coefficient (Wildman–Crippen LogP) is 5.28. The molecule has 0 aliphatic carbocycles. The Hall–Kier alpha value is -3.46. The SMILES string of the molecule is CC1Cc2ccccc2N1Cc1cc(=O)c(OCC(=O)Nc2cc(C(F)(F)F)ccc2Cl)co1. The van der Waals surface area contributed by atoms with Crippen molar-refractivity contribution < 1.29 is 27.1 Å². The fourth-order valence-electron chi connectivity index (χ4n) is 3.79. The van der Waals surface area contributed by atoms with Crippen molar-refractivity contribution in [1.29, 1.82) is 0 Å². The predicted molar refractivity (Wildman–Crippen MR) is 121 cm³/mol. The van der Waals surface area contributed by atoms with Crippen molar-refractivity contribution in [2.24, 2.45) is 0 Å². The summed E-state index contributed by atoms with van der Waals surface area (Å²) in [5, 5.41) is 2.18. The Morgan fingerprint density at radius 3 is 2.74 bits per heavy atom. The number of anilines is 2. The highest BCUT2D eigenvalue weighted by Crippen LogP contribution is 2.34. The summed E-state index contributed by atoms with van der Waals surface area (Å²) in [6.45, 7) is 1.86. The number of nitrogens with zero attached hydrogens (tertiary/aromatic N) is 1. The molecule has 1 atom stereocenters. The van der Waals surface area contributed by atoms with E-state index in [9.17, 15) is 22.8 Å². The molecular weight excluding hydrogens is 473 g/mol. The maximum atomic E-state index is 12.9. The van der Waals surface area contributed by atoms with Crippen LogP contribution in [0.1, 0.15) is 23.8 Å². The molecule has 1 aliphatic heterocycles. The van der Waals surface area contributed by atoms with Gasteiger partial charge in [-0.25, -0.2) is 0 Å². The second-order valence-electron chi connectivity index (χ2n) is 7.91. The molecule has 6 nitrogen and oxygen atoms in total. The minimum absolute atomic E-state index is 0.0667. The number of benzene rings is 2. The summed E-state index contributed by atoms with van der Waals surface area (Å²) in [7, 11) is 0. The van der Waals surface area contributed by atoms with E-state index >= 15 is 0 Å². The molecule has 1 aliphatic rings. The lowest BCUT2D eigenvalue weighted by Gasteiger charge is -2.24. The number of hydrogen-bond donors (Lipinski definition) is 1. The van der Waals surface area contributed by atoms with Gasteiger partial charge in [0.05, 0.1) is 22.8 Å². The van der Waals surface area contributed by atoms with Crippen LogP contribution in [0, 0.1) is 0 Å². The van der Waals surface area contributed by atoms with E-state index in [2.05, 4.69) is 23.2 Å². The molecular formula is C24H20ClF3N2O4. The molecule has 4 rings (SSSR count). The van der Waals surface area contributed by atoms with Crippen LogP contribution in [0.4, 0.5) is 24.5 Å². The van der Waals surface area contributed by atoms with Crippen molar-refractivity contribution in [3.05, 3.63) is 86.9 Å². The highest BCUT2D eigenvalue weighted by atomic mass is 35.5. The van der Waals surface area contributed by atoms with E-state index in [4.69, 9.17) is 20.8 Å². The zero-order valence-electron chi connectivity index (χ0n) is 18.0. The first kappa shape index (κ1) is 23.7. The second-order valence-corrected chi connectivity index (χ2v) is 8.32. The van der Waals surface area contributed by atoms with Crippen LogP contribution in [-0.4, -0.2) is 18.6 Å². The highest BCUT2D eigenvalue weighted by molar-refractivity contribution is 6.33. The highest BCUT2D eigenvalue weighted by Gasteiger charge is 2.31. The molecule has 0 fully saturated rings. The summed E-state index contributed by atoms with van der Waals surface area (Å²) >= 11 is 5.87. The van der Waals surface area contributed by atoms with Crippen LogP contribution in [0.5, 0.6) is 5.75 Å². The van der Waals surface area contributed by atoms with Crippen LogP contribution in [-0.2, 0) is 23.9 Å². The first-order valence-corrected chi connectivity index (χ1v) is 10.8. The molecule has 2 aromatic carbocycles. The average molecular weight is 493 g/mol. The molecule has 178 valence electrons. The van der Waals surface area contributed by atoms with Crippen LogP contribution in [0.15, 0.2) is 64.0 Å². The Balaban J connectivity index is 1.38. The smallest absolute Gasteiger partial charge is 0.416 e. The third-order valence-corrected chi connectivity index (χ3v) is 5.78. The molecule has 0 saturated heterocycles. The van der Waals surface area contributed by atoms with Crippen LogP contribution >= 0.6 is 11.6 Å². The minimum Gasteiger partial charge on any atom is -0.477 e. The van der Waals surface area contributed by atoms with Crippen molar-refractivity contribution in [2.75, 3.05) is 16.8 Å². The fourth-order valence-corrected chi connectivity index (χ4v) is 3.96. The fraction of sp³-hybridized carbons (Fsp3) is 0.250. The van der Waals surface area contributed by atoms with Gasteiger partial charge in [0.25, 0.3) is 5.91 Å². The normalized spacial score (nSPS) is 15.2. The van der Waals surface area contributed by atoms with Crippen LogP contribution in [0.25, 0.3) is 0 Å². The Labute approximate surface area is 197 Å². The standard InChI is InChI=1S/C24H20ClF3N2O4/c1-14-8-15-4-2-3-5-20(15)30(14)11-17-10-21(31)22(12-33-17)34-13-23(32)29-19-9-16(24(26,27)28)6-7-18(19)25/h2-7,9-10,12,14H,8,11,13H2,1H3,(H,29,32). The third-order valence-electron chi connectivity index (χ3n) is 5.45. The monoisotopic (exact) mass is 492 g/mol. The Kier molecular flexibility index (Phi) is 6.56. The molecule has 34 heavy (non-hydrogen) atoms. The molecule has 3 aromatic rings. The summed E-state index contributed by atoms with van der Waals surface area (Å²) in [5.41, 5.74) is 0.658. The summed E-state index contributed by atoms with van der Waals surface area (Å²) in [4.78, 5) is 26.7. The van der Waals surface area contributed by atoms with Crippen molar-refractivity contribution in [3.8, 4) is 5.75 Å². The first-order chi connectivity index (χ1) is 16.1. The van der Waals surface area contributed by atoms with E-state index in [1.54, 1.807) is 0 Å². The Morgan fingerprint density at radius 1 is 1.24 bits per heavy atom. The summed E-state index contributed by atoms with van der Waals surface area (Å²) in [6, 6.07) is 12.1. The Bertz CT molecular complexity index is 1280. The van der Waals surface area contributed by atoms with Crippen LogP contribution < -0.4 is 20.4 Å².